The molecule has 2 heteroatoms. The van der Waals surface area contributed by atoms with Crippen molar-refractivity contribution < 1.29 is 9.47 Å². The first kappa shape index (κ1) is 15.0. The van der Waals surface area contributed by atoms with Crippen molar-refractivity contribution in [3.8, 4) is 0 Å². The van der Waals surface area contributed by atoms with Gasteiger partial charge in [-0.25, -0.2) is 0 Å². The van der Waals surface area contributed by atoms with E-state index in [1.165, 1.54) is 38.5 Å². The lowest BCUT2D eigenvalue weighted by Gasteiger charge is -2.17. The van der Waals surface area contributed by atoms with Crippen LogP contribution >= 0.6 is 0 Å². The van der Waals surface area contributed by atoms with Crippen molar-refractivity contribution in [3.05, 3.63) is 0 Å². The Balaban J connectivity index is 1.95. The van der Waals surface area contributed by atoms with E-state index in [-0.39, 0.29) is 5.79 Å². The monoisotopic (exact) mass is 242 g/mol. The molecule has 0 unspecified atom stereocenters. The molecule has 1 aliphatic rings. The molecule has 2 nitrogen and oxygen atoms in total. The highest BCUT2D eigenvalue weighted by Crippen LogP contribution is 2.25. The molecule has 0 saturated carbocycles. The summed E-state index contributed by atoms with van der Waals surface area (Å²) in [5, 5.41) is 0. The lowest BCUT2D eigenvalue weighted by molar-refractivity contribution is -0.139. The van der Waals surface area contributed by atoms with Crippen LogP contribution in [0.2, 0.25) is 0 Å². The third kappa shape index (κ3) is 6.42. The molecule has 0 aliphatic carbocycles. The highest BCUT2D eigenvalue weighted by atomic mass is 16.7. The molecule has 0 aromatic carbocycles. The second-order valence-corrected chi connectivity index (χ2v) is 5.98. The van der Waals surface area contributed by atoms with E-state index >= 15 is 0 Å². The molecule has 0 radical (unpaired) electrons. The molecule has 2 atom stereocenters. The Kier molecular flexibility index (Phi) is 6.50. The second-order valence-electron chi connectivity index (χ2n) is 5.98. The maximum Gasteiger partial charge on any atom is 0.163 e. The molecule has 1 heterocycles. The highest BCUT2D eigenvalue weighted by molar-refractivity contribution is 4.70. The van der Waals surface area contributed by atoms with E-state index in [2.05, 4.69) is 13.8 Å². The molecule has 1 rings (SSSR count). The quantitative estimate of drug-likeness (QED) is 0.582. The van der Waals surface area contributed by atoms with Crippen molar-refractivity contribution in [3.63, 3.8) is 0 Å². The Morgan fingerprint density at radius 2 is 1.94 bits per heavy atom. The second kappa shape index (κ2) is 7.38. The first-order valence-electron chi connectivity index (χ1n) is 7.35. The summed E-state index contributed by atoms with van der Waals surface area (Å²) < 4.78 is 11.4. The van der Waals surface area contributed by atoms with Gasteiger partial charge in [-0.1, -0.05) is 52.4 Å². The van der Waals surface area contributed by atoms with Gasteiger partial charge in [-0.2, -0.15) is 0 Å². The zero-order valence-corrected chi connectivity index (χ0v) is 12.1. The molecule has 1 fully saturated rings. The van der Waals surface area contributed by atoms with Crippen molar-refractivity contribution in [2.24, 2.45) is 5.92 Å². The van der Waals surface area contributed by atoms with Gasteiger partial charge in [-0.15, -0.1) is 0 Å². The average molecular weight is 242 g/mol. The van der Waals surface area contributed by atoms with Crippen LogP contribution in [0.4, 0.5) is 0 Å². The van der Waals surface area contributed by atoms with Crippen molar-refractivity contribution in [1.82, 2.24) is 0 Å². The van der Waals surface area contributed by atoms with E-state index in [1.807, 2.05) is 13.8 Å². The lowest BCUT2D eigenvalue weighted by atomic mass is 9.98. The number of unbranched alkanes of at least 4 members (excludes halogenated alkanes) is 2. The van der Waals surface area contributed by atoms with Crippen molar-refractivity contribution in [1.29, 1.82) is 0 Å². The summed E-state index contributed by atoms with van der Waals surface area (Å²) in [6, 6.07) is 0. The van der Waals surface area contributed by atoms with Crippen molar-refractivity contribution in [2.75, 3.05) is 6.61 Å². The smallest absolute Gasteiger partial charge is 0.163 e. The predicted molar refractivity (Wildman–Crippen MR) is 72.1 cm³/mol. The molecular weight excluding hydrogens is 212 g/mol. The first-order valence-corrected chi connectivity index (χ1v) is 7.35. The molecule has 1 saturated heterocycles. The highest BCUT2D eigenvalue weighted by Gasteiger charge is 2.31. The zero-order valence-electron chi connectivity index (χ0n) is 12.1. The minimum absolute atomic E-state index is 0.332. The van der Waals surface area contributed by atoms with Crippen LogP contribution < -0.4 is 0 Å². The fourth-order valence-corrected chi connectivity index (χ4v) is 2.58. The van der Waals surface area contributed by atoms with Gasteiger partial charge in [0.15, 0.2) is 5.79 Å². The summed E-state index contributed by atoms with van der Waals surface area (Å²) in [6.07, 6.45) is 9.58. The SMILES string of the molecule is CCC[C@@H](C)CCCCC[C@H]1COC(C)(C)O1. The van der Waals surface area contributed by atoms with E-state index in [9.17, 15) is 0 Å². The largest absolute Gasteiger partial charge is 0.348 e. The van der Waals surface area contributed by atoms with Crippen molar-refractivity contribution >= 4 is 0 Å². The van der Waals surface area contributed by atoms with E-state index in [0.717, 1.165) is 18.9 Å². The van der Waals surface area contributed by atoms with Crippen LogP contribution in [-0.2, 0) is 9.47 Å². The van der Waals surface area contributed by atoms with E-state index in [0.29, 0.717) is 6.10 Å². The van der Waals surface area contributed by atoms with Gasteiger partial charge in [0, 0.05) is 0 Å². The summed E-state index contributed by atoms with van der Waals surface area (Å²) in [5.74, 6) is 0.560. The fraction of sp³-hybridized carbons (Fsp3) is 1.00. The van der Waals surface area contributed by atoms with E-state index in [1.54, 1.807) is 0 Å². The Bertz CT molecular complexity index is 201. The van der Waals surface area contributed by atoms with Gasteiger partial charge in [0.2, 0.25) is 0 Å². The van der Waals surface area contributed by atoms with Crippen LogP contribution in [0, 0.1) is 5.92 Å². The number of rotatable bonds is 8. The standard InChI is InChI=1S/C15H30O2/c1-5-9-13(2)10-7-6-8-11-14-12-16-15(3,4)17-14/h13-14H,5-12H2,1-4H3/t13-,14+/m1/s1. The van der Waals surface area contributed by atoms with Gasteiger partial charge in [0.1, 0.15) is 0 Å². The molecule has 0 N–H and O–H groups in total. The summed E-state index contributed by atoms with van der Waals surface area (Å²) in [7, 11) is 0. The summed E-state index contributed by atoms with van der Waals surface area (Å²) in [6.45, 7) is 9.42. The molecule has 102 valence electrons. The van der Waals surface area contributed by atoms with Crippen molar-refractivity contribution in [2.45, 2.75) is 84.5 Å². The molecular formula is C15H30O2. The normalized spacial score (nSPS) is 25.1. The van der Waals surface area contributed by atoms with Gasteiger partial charge >= 0.3 is 0 Å². The Hall–Kier alpha value is -0.0800. The first-order chi connectivity index (χ1) is 8.03. The molecule has 0 aromatic heterocycles. The van der Waals surface area contributed by atoms with Gasteiger partial charge in [0.25, 0.3) is 0 Å². The third-order valence-electron chi connectivity index (χ3n) is 3.57. The minimum Gasteiger partial charge on any atom is -0.348 e. The lowest BCUT2D eigenvalue weighted by Crippen LogP contribution is -2.21. The predicted octanol–water partition coefficient (Wildman–Crippen LogP) is 4.52. The number of hydrogen-bond acceptors (Lipinski definition) is 2. The summed E-state index contributed by atoms with van der Waals surface area (Å²) in [4.78, 5) is 0. The topological polar surface area (TPSA) is 18.5 Å². The van der Waals surface area contributed by atoms with Crippen LogP contribution in [0.1, 0.15) is 72.6 Å². The molecule has 0 amide bonds. The zero-order chi connectivity index (χ0) is 12.7. The van der Waals surface area contributed by atoms with Crippen LogP contribution in [0.3, 0.4) is 0 Å². The molecule has 17 heavy (non-hydrogen) atoms. The fourth-order valence-electron chi connectivity index (χ4n) is 2.58. The molecule has 0 spiro atoms. The minimum atomic E-state index is -0.347. The van der Waals surface area contributed by atoms with Crippen LogP contribution in [0.25, 0.3) is 0 Å². The van der Waals surface area contributed by atoms with E-state index < -0.39 is 0 Å². The Morgan fingerprint density at radius 1 is 1.18 bits per heavy atom. The van der Waals surface area contributed by atoms with Crippen LogP contribution in [-0.4, -0.2) is 18.5 Å². The molecule has 0 aromatic rings. The maximum atomic E-state index is 5.79. The van der Waals surface area contributed by atoms with Crippen LogP contribution in [0.5, 0.6) is 0 Å². The van der Waals surface area contributed by atoms with Gasteiger partial charge in [0.05, 0.1) is 12.7 Å². The maximum absolute atomic E-state index is 5.79. The number of hydrogen-bond donors (Lipinski definition) is 0. The summed E-state index contributed by atoms with van der Waals surface area (Å²) in [5.41, 5.74) is 0. The van der Waals surface area contributed by atoms with Gasteiger partial charge in [-0.05, 0) is 26.2 Å². The summed E-state index contributed by atoms with van der Waals surface area (Å²) >= 11 is 0. The number of ether oxygens (including phenoxy) is 2. The molecule has 0 bridgehead atoms. The van der Waals surface area contributed by atoms with E-state index in [4.69, 9.17) is 9.47 Å². The Morgan fingerprint density at radius 3 is 2.53 bits per heavy atom. The average Bonchev–Trinajstić information content (AvgIpc) is 2.58. The Labute approximate surface area is 107 Å². The van der Waals surface area contributed by atoms with Gasteiger partial charge < -0.3 is 9.47 Å². The third-order valence-corrected chi connectivity index (χ3v) is 3.57. The van der Waals surface area contributed by atoms with Crippen LogP contribution in [0.15, 0.2) is 0 Å². The van der Waals surface area contributed by atoms with Gasteiger partial charge in [-0.3, -0.25) is 0 Å². The molecule has 1 aliphatic heterocycles.